The van der Waals surface area contributed by atoms with Crippen molar-refractivity contribution in [3.63, 3.8) is 0 Å². The standard InChI is InChI=1S/C19H25N5O.C17H28O/c1-21-19(25)17-11-16(12-22-18(17)20)15-5-3-14(4-6-15)13-24-9-7-23(2)8-10-24;1-5-8-17(9-6-2)18-13-15-11-10-14(4)16(7-3)12-15/h3-6,11-12H,7-10,13H2,1-2H3,(H2,20,22)(H,21,25);10-12,17H,5-9,13H2,1-4H3. The molecule has 0 atom stereocenters. The van der Waals surface area contributed by atoms with Gasteiger partial charge in [0.05, 0.1) is 18.3 Å². The minimum absolute atomic E-state index is 0.224. The summed E-state index contributed by atoms with van der Waals surface area (Å²) < 4.78 is 6.05. The van der Waals surface area contributed by atoms with Crippen molar-refractivity contribution >= 4 is 11.7 Å². The molecule has 0 saturated carbocycles. The second-order valence-electron chi connectivity index (χ2n) is 11.6. The number of rotatable bonds is 12. The third-order valence-electron chi connectivity index (χ3n) is 8.18. The van der Waals surface area contributed by atoms with Crippen LogP contribution in [0.4, 0.5) is 5.82 Å². The molecule has 0 bridgehead atoms. The Labute approximate surface area is 259 Å². The van der Waals surface area contributed by atoms with Crippen LogP contribution in [0.3, 0.4) is 0 Å². The molecule has 0 aliphatic carbocycles. The Kier molecular flexibility index (Phi) is 14.1. The van der Waals surface area contributed by atoms with Crippen LogP contribution in [0.25, 0.3) is 11.1 Å². The maximum absolute atomic E-state index is 11.9. The van der Waals surface area contributed by atoms with Crippen molar-refractivity contribution in [3.8, 4) is 11.1 Å². The SMILES string of the molecule is CCCC(CCC)OCc1ccc(C)c(CC)c1.CNC(=O)c1cc(-c2ccc(CN3CCN(C)CC3)cc2)cnc1N. The summed E-state index contributed by atoms with van der Waals surface area (Å²) in [6, 6.07) is 16.9. The lowest BCUT2D eigenvalue weighted by molar-refractivity contribution is 0.0285. The van der Waals surface area contributed by atoms with Gasteiger partial charge in [-0.05, 0) is 67.1 Å². The Hall–Kier alpha value is -3.26. The predicted octanol–water partition coefficient (Wildman–Crippen LogP) is 6.48. The van der Waals surface area contributed by atoms with Crippen LogP contribution in [0.15, 0.2) is 54.7 Å². The monoisotopic (exact) mass is 587 g/mol. The molecule has 1 aliphatic heterocycles. The number of hydrogen-bond donors (Lipinski definition) is 2. The molecule has 1 amide bonds. The second kappa shape index (κ2) is 17.8. The Morgan fingerprint density at radius 3 is 2.21 bits per heavy atom. The molecule has 3 N–H and O–H groups in total. The first-order valence-electron chi connectivity index (χ1n) is 16.0. The van der Waals surface area contributed by atoms with Crippen molar-refractivity contribution in [3.05, 3.63) is 82.5 Å². The van der Waals surface area contributed by atoms with Gasteiger partial charge in [0.15, 0.2) is 0 Å². The number of aryl methyl sites for hydroxylation is 2. The molecule has 3 aromatic rings. The highest BCUT2D eigenvalue weighted by molar-refractivity contribution is 5.99. The average molecular weight is 588 g/mol. The number of pyridine rings is 1. The van der Waals surface area contributed by atoms with Gasteiger partial charge in [0.1, 0.15) is 5.82 Å². The Morgan fingerprint density at radius 2 is 1.60 bits per heavy atom. The summed E-state index contributed by atoms with van der Waals surface area (Å²) in [5, 5.41) is 2.59. The normalized spacial score (nSPS) is 13.9. The number of nitrogens with two attached hydrogens (primary N) is 1. The first-order chi connectivity index (χ1) is 20.8. The van der Waals surface area contributed by atoms with E-state index in [4.69, 9.17) is 10.5 Å². The van der Waals surface area contributed by atoms with E-state index in [9.17, 15) is 4.79 Å². The van der Waals surface area contributed by atoms with Crippen LogP contribution < -0.4 is 11.1 Å². The Balaban J connectivity index is 0.000000250. The summed E-state index contributed by atoms with van der Waals surface area (Å²) >= 11 is 0. The molecule has 2 heterocycles. The number of nitrogens with zero attached hydrogens (tertiary/aromatic N) is 3. The zero-order valence-electron chi connectivity index (χ0n) is 27.3. The molecule has 0 unspecified atom stereocenters. The van der Waals surface area contributed by atoms with Crippen LogP contribution in [0, 0.1) is 6.92 Å². The van der Waals surface area contributed by atoms with Gasteiger partial charge in [0.25, 0.3) is 5.91 Å². The fourth-order valence-electron chi connectivity index (χ4n) is 5.38. The summed E-state index contributed by atoms with van der Waals surface area (Å²) in [5.41, 5.74) is 13.6. The van der Waals surface area contributed by atoms with Gasteiger partial charge in [-0.15, -0.1) is 0 Å². The maximum atomic E-state index is 11.9. The zero-order chi connectivity index (χ0) is 31.2. The number of likely N-dealkylation sites (N-methyl/N-ethyl adjacent to an activating group) is 1. The van der Waals surface area contributed by atoms with Crippen molar-refractivity contribution < 1.29 is 9.53 Å². The summed E-state index contributed by atoms with van der Waals surface area (Å²) in [5.74, 6) is 0.0216. The van der Waals surface area contributed by atoms with E-state index in [-0.39, 0.29) is 11.7 Å². The minimum Gasteiger partial charge on any atom is -0.383 e. The van der Waals surface area contributed by atoms with E-state index < -0.39 is 0 Å². The van der Waals surface area contributed by atoms with Gasteiger partial charge in [-0.1, -0.05) is 76.1 Å². The largest absolute Gasteiger partial charge is 0.383 e. The quantitative estimate of drug-likeness (QED) is 0.252. The molecular weight excluding hydrogens is 534 g/mol. The van der Waals surface area contributed by atoms with Crippen LogP contribution in [0.1, 0.15) is 79.1 Å². The molecule has 0 radical (unpaired) electrons. The number of hydrogen-bond acceptors (Lipinski definition) is 6. The molecule has 7 heteroatoms. The number of nitrogen functional groups attached to an aromatic ring is 1. The predicted molar refractivity (Wildman–Crippen MR) is 179 cm³/mol. The van der Waals surface area contributed by atoms with Crippen molar-refractivity contribution in [2.75, 3.05) is 46.0 Å². The van der Waals surface area contributed by atoms with E-state index in [1.807, 2.05) is 0 Å². The fraction of sp³-hybridized carbons (Fsp3) is 0.500. The molecule has 1 saturated heterocycles. The highest BCUT2D eigenvalue weighted by Crippen LogP contribution is 2.23. The first kappa shape index (κ1) is 34.2. The lowest BCUT2D eigenvalue weighted by Gasteiger charge is -2.32. The average Bonchev–Trinajstić information content (AvgIpc) is 3.02. The van der Waals surface area contributed by atoms with Crippen LogP contribution in [0.2, 0.25) is 0 Å². The minimum atomic E-state index is -0.224. The molecular formula is C36H53N5O2. The summed E-state index contributed by atoms with van der Waals surface area (Å²) in [6.07, 6.45) is 8.02. The summed E-state index contributed by atoms with van der Waals surface area (Å²) in [4.78, 5) is 20.9. The van der Waals surface area contributed by atoms with Crippen LogP contribution in [0.5, 0.6) is 0 Å². The van der Waals surface area contributed by atoms with Gasteiger partial charge in [-0.2, -0.15) is 0 Å². The lowest BCUT2D eigenvalue weighted by Crippen LogP contribution is -2.43. The van der Waals surface area contributed by atoms with Crippen LogP contribution in [-0.2, 0) is 24.3 Å². The molecule has 2 aromatic carbocycles. The van der Waals surface area contributed by atoms with Crippen molar-refractivity contribution in [1.82, 2.24) is 20.1 Å². The molecule has 0 spiro atoms. The van der Waals surface area contributed by atoms with Gasteiger partial charge < -0.3 is 20.7 Å². The zero-order valence-corrected chi connectivity index (χ0v) is 27.3. The number of carbonyl (C=O) groups is 1. The van der Waals surface area contributed by atoms with E-state index in [1.54, 1.807) is 19.3 Å². The van der Waals surface area contributed by atoms with E-state index >= 15 is 0 Å². The number of carbonyl (C=O) groups excluding carboxylic acids is 1. The van der Waals surface area contributed by atoms with Gasteiger partial charge in [0, 0.05) is 51.5 Å². The molecule has 43 heavy (non-hydrogen) atoms. The van der Waals surface area contributed by atoms with Gasteiger partial charge >= 0.3 is 0 Å². The van der Waals surface area contributed by atoms with E-state index in [0.29, 0.717) is 11.7 Å². The second-order valence-corrected chi connectivity index (χ2v) is 11.6. The van der Waals surface area contributed by atoms with Crippen LogP contribution in [-0.4, -0.2) is 67.1 Å². The molecule has 1 aliphatic rings. The lowest BCUT2D eigenvalue weighted by atomic mass is 10.0. The van der Waals surface area contributed by atoms with Gasteiger partial charge in [-0.3, -0.25) is 9.69 Å². The molecule has 1 aromatic heterocycles. The number of benzene rings is 2. The molecule has 234 valence electrons. The Bertz CT molecular complexity index is 1260. The molecule has 7 nitrogen and oxygen atoms in total. The number of anilines is 1. The number of piperazine rings is 1. The number of aromatic nitrogens is 1. The van der Waals surface area contributed by atoms with Crippen LogP contribution >= 0.6 is 0 Å². The topological polar surface area (TPSA) is 83.7 Å². The first-order valence-corrected chi connectivity index (χ1v) is 16.0. The van der Waals surface area contributed by atoms with E-state index in [0.717, 1.165) is 56.9 Å². The van der Waals surface area contributed by atoms with Gasteiger partial charge in [0.2, 0.25) is 0 Å². The number of nitrogens with one attached hydrogen (secondary N) is 1. The van der Waals surface area contributed by atoms with E-state index in [2.05, 4.69) is 97.3 Å². The highest BCUT2D eigenvalue weighted by atomic mass is 16.5. The van der Waals surface area contributed by atoms with Crippen molar-refractivity contribution in [2.24, 2.45) is 0 Å². The number of amides is 1. The molecule has 4 rings (SSSR count). The van der Waals surface area contributed by atoms with Crippen molar-refractivity contribution in [1.29, 1.82) is 0 Å². The number of ether oxygens (including phenoxy) is 1. The van der Waals surface area contributed by atoms with Gasteiger partial charge in [-0.25, -0.2) is 4.98 Å². The smallest absolute Gasteiger partial charge is 0.254 e. The third kappa shape index (κ3) is 10.8. The highest BCUT2D eigenvalue weighted by Gasteiger charge is 2.15. The van der Waals surface area contributed by atoms with E-state index in [1.165, 1.54) is 47.9 Å². The molecule has 1 fully saturated rings. The summed E-state index contributed by atoms with van der Waals surface area (Å²) in [7, 11) is 3.75. The Morgan fingerprint density at radius 1 is 0.953 bits per heavy atom. The third-order valence-corrected chi connectivity index (χ3v) is 8.18. The fourth-order valence-corrected chi connectivity index (χ4v) is 5.38. The maximum Gasteiger partial charge on any atom is 0.254 e. The van der Waals surface area contributed by atoms with Crippen molar-refractivity contribution in [2.45, 2.75) is 79.1 Å². The summed E-state index contributed by atoms with van der Waals surface area (Å²) in [6.45, 7) is 15.0.